The Morgan fingerprint density at radius 2 is 2.00 bits per heavy atom. The Bertz CT molecular complexity index is 494. The predicted molar refractivity (Wildman–Crippen MR) is 81.7 cm³/mol. The fraction of sp³-hybridized carbons (Fsp3) is 0.429. The number of anilines is 1. The SMILES string of the molecule is COC(=O)C(CNc1c(C)cc(C)cc1Br)NC(C)=O. The van der Waals surface area contributed by atoms with Crippen molar-refractivity contribution in [2.45, 2.75) is 26.8 Å². The normalized spacial score (nSPS) is 11.7. The van der Waals surface area contributed by atoms with Crippen molar-refractivity contribution in [3.8, 4) is 0 Å². The topological polar surface area (TPSA) is 67.4 Å². The van der Waals surface area contributed by atoms with Crippen molar-refractivity contribution in [1.29, 1.82) is 0 Å². The van der Waals surface area contributed by atoms with Crippen molar-refractivity contribution in [1.82, 2.24) is 5.32 Å². The van der Waals surface area contributed by atoms with Crippen LogP contribution >= 0.6 is 15.9 Å². The predicted octanol–water partition coefficient (Wildman–Crippen LogP) is 2.16. The van der Waals surface area contributed by atoms with Gasteiger partial charge in [-0.2, -0.15) is 0 Å². The molecule has 0 aliphatic carbocycles. The Balaban J connectivity index is 2.82. The van der Waals surface area contributed by atoms with Gasteiger partial charge in [0.1, 0.15) is 6.04 Å². The van der Waals surface area contributed by atoms with E-state index in [-0.39, 0.29) is 12.5 Å². The van der Waals surface area contributed by atoms with Crippen LogP contribution in [0.3, 0.4) is 0 Å². The van der Waals surface area contributed by atoms with E-state index in [9.17, 15) is 9.59 Å². The molecule has 1 aromatic carbocycles. The number of hydrogen-bond acceptors (Lipinski definition) is 4. The Labute approximate surface area is 127 Å². The van der Waals surface area contributed by atoms with E-state index in [0.29, 0.717) is 0 Å². The molecule has 0 heterocycles. The molecule has 1 unspecified atom stereocenters. The standard InChI is InChI=1S/C14H19BrN2O3/c1-8-5-9(2)13(11(15)6-8)16-7-12(14(19)20-4)17-10(3)18/h5-6,12,16H,7H2,1-4H3,(H,17,18). The van der Waals surface area contributed by atoms with Crippen molar-refractivity contribution in [2.24, 2.45) is 0 Å². The van der Waals surface area contributed by atoms with Crippen LogP contribution in [0.5, 0.6) is 0 Å². The fourth-order valence-corrected chi connectivity index (χ4v) is 2.74. The maximum Gasteiger partial charge on any atom is 0.330 e. The van der Waals surface area contributed by atoms with Crippen LogP contribution in [0.1, 0.15) is 18.1 Å². The molecule has 0 saturated carbocycles. The van der Waals surface area contributed by atoms with Gasteiger partial charge in [0, 0.05) is 17.9 Å². The molecule has 0 aliphatic rings. The lowest BCUT2D eigenvalue weighted by Gasteiger charge is -2.19. The maximum atomic E-state index is 11.6. The number of carbonyl (C=O) groups is 2. The number of aryl methyl sites for hydroxylation is 2. The third kappa shape index (κ3) is 4.52. The lowest BCUT2D eigenvalue weighted by atomic mass is 10.1. The molecule has 5 nitrogen and oxygen atoms in total. The van der Waals surface area contributed by atoms with Gasteiger partial charge in [-0.15, -0.1) is 0 Å². The summed E-state index contributed by atoms with van der Waals surface area (Å²) in [6.07, 6.45) is 0. The molecule has 1 amide bonds. The third-order valence-corrected chi connectivity index (χ3v) is 3.40. The van der Waals surface area contributed by atoms with Crippen LogP contribution in [0.2, 0.25) is 0 Å². The molecule has 0 spiro atoms. The van der Waals surface area contributed by atoms with Gasteiger partial charge < -0.3 is 15.4 Å². The smallest absolute Gasteiger partial charge is 0.330 e. The first kappa shape index (κ1) is 16.5. The summed E-state index contributed by atoms with van der Waals surface area (Å²) in [6.45, 7) is 5.61. The van der Waals surface area contributed by atoms with Gasteiger partial charge in [0.2, 0.25) is 5.91 Å². The summed E-state index contributed by atoms with van der Waals surface area (Å²) in [4.78, 5) is 22.7. The first-order valence-electron chi connectivity index (χ1n) is 6.20. The van der Waals surface area contributed by atoms with Crippen LogP contribution < -0.4 is 10.6 Å². The van der Waals surface area contributed by atoms with Gasteiger partial charge in [-0.05, 0) is 47.0 Å². The van der Waals surface area contributed by atoms with Gasteiger partial charge in [-0.1, -0.05) is 6.07 Å². The van der Waals surface area contributed by atoms with Crippen LogP contribution in [0.25, 0.3) is 0 Å². The Morgan fingerprint density at radius 3 is 2.50 bits per heavy atom. The van der Waals surface area contributed by atoms with Crippen molar-refractivity contribution < 1.29 is 14.3 Å². The molecule has 6 heteroatoms. The highest BCUT2D eigenvalue weighted by Gasteiger charge is 2.20. The summed E-state index contributed by atoms with van der Waals surface area (Å²) in [5.41, 5.74) is 3.10. The quantitative estimate of drug-likeness (QED) is 0.804. The van der Waals surface area contributed by atoms with Crippen LogP contribution in [-0.2, 0) is 14.3 Å². The van der Waals surface area contributed by atoms with Gasteiger partial charge in [0.05, 0.1) is 12.8 Å². The first-order valence-corrected chi connectivity index (χ1v) is 7.00. The Morgan fingerprint density at radius 1 is 1.35 bits per heavy atom. The van der Waals surface area contributed by atoms with E-state index in [1.807, 2.05) is 26.0 Å². The zero-order chi connectivity index (χ0) is 15.3. The lowest BCUT2D eigenvalue weighted by molar-refractivity contribution is -0.144. The van der Waals surface area contributed by atoms with E-state index >= 15 is 0 Å². The van der Waals surface area contributed by atoms with Gasteiger partial charge >= 0.3 is 5.97 Å². The molecule has 110 valence electrons. The number of benzene rings is 1. The van der Waals surface area contributed by atoms with Crippen molar-refractivity contribution in [3.63, 3.8) is 0 Å². The number of nitrogens with one attached hydrogen (secondary N) is 2. The van der Waals surface area contributed by atoms with Gasteiger partial charge in [-0.3, -0.25) is 4.79 Å². The van der Waals surface area contributed by atoms with Crippen molar-refractivity contribution in [2.75, 3.05) is 19.0 Å². The Hall–Kier alpha value is -1.56. The second-order valence-corrected chi connectivity index (χ2v) is 5.45. The molecular formula is C14H19BrN2O3. The summed E-state index contributed by atoms with van der Waals surface area (Å²) in [6, 6.07) is 3.31. The van der Waals surface area contributed by atoms with Gasteiger partial charge in [-0.25, -0.2) is 4.79 Å². The van der Waals surface area contributed by atoms with E-state index in [1.165, 1.54) is 14.0 Å². The van der Waals surface area contributed by atoms with E-state index in [2.05, 4.69) is 31.3 Å². The zero-order valence-electron chi connectivity index (χ0n) is 12.0. The van der Waals surface area contributed by atoms with E-state index in [4.69, 9.17) is 0 Å². The Kier molecular flexibility index (Phi) is 6.01. The second-order valence-electron chi connectivity index (χ2n) is 4.60. The van der Waals surface area contributed by atoms with Crippen LogP contribution in [0.4, 0.5) is 5.69 Å². The number of amides is 1. The monoisotopic (exact) mass is 342 g/mol. The fourth-order valence-electron chi connectivity index (χ4n) is 1.92. The number of rotatable bonds is 5. The van der Waals surface area contributed by atoms with Gasteiger partial charge in [0.25, 0.3) is 0 Å². The summed E-state index contributed by atoms with van der Waals surface area (Å²) in [5, 5.41) is 5.73. The number of ether oxygens (including phenoxy) is 1. The highest BCUT2D eigenvalue weighted by Crippen LogP contribution is 2.27. The summed E-state index contributed by atoms with van der Waals surface area (Å²) in [5.74, 6) is -0.754. The number of methoxy groups -OCH3 is 1. The first-order chi connectivity index (χ1) is 9.35. The van der Waals surface area contributed by atoms with Crippen LogP contribution in [0, 0.1) is 13.8 Å². The minimum Gasteiger partial charge on any atom is -0.467 e. The second kappa shape index (κ2) is 7.28. The van der Waals surface area contributed by atoms with E-state index < -0.39 is 12.0 Å². The molecule has 0 aliphatic heterocycles. The molecule has 0 aromatic heterocycles. The molecule has 0 fully saturated rings. The minimum absolute atomic E-state index is 0.259. The lowest BCUT2D eigenvalue weighted by Crippen LogP contribution is -2.45. The van der Waals surface area contributed by atoms with Crippen LogP contribution in [0.15, 0.2) is 16.6 Å². The van der Waals surface area contributed by atoms with E-state index in [0.717, 1.165) is 21.3 Å². The zero-order valence-corrected chi connectivity index (χ0v) is 13.6. The highest BCUT2D eigenvalue weighted by molar-refractivity contribution is 9.10. The van der Waals surface area contributed by atoms with Crippen molar-refractivity contribution >= 4 is 33.5 Å². The summed E-state index contributed by atoms with van der Waals surface area (Å²) < 4.78 is 5.59. The highest BCUT2D eigenvalue weighted by atomic mass is 79.9. The van der Waals surface area contributed by atoms with Crippen molar-refractivity contribution in [3.05, 3.63) is 27.7 Å². The molecule has 1 rings (SSSR count). The number of esters is 1. The molecule has 2 N–H and O–H groups in total. The largest absolute Gasteiger partial charge is 0.467 e. The van der Waals surface area contributed by atoms with E-state index in [1.54, 1.807) is 0 Å². The number of carbonyl (C=O) groups excluding carboxylic acids is 2. The summed E-state index contributed by atoms with van der Waals surface area (Å²) in [7, 11) is 1.30. The number of halogens is 1. The molecule has 0 bridgehead atoms. The average molecular weight is 343 g/mol. The molecule has 20 heavy (non-hydrogen) atoms. The molecule has 1 atom stereocenters. The minimum atomic E-state index is -0.717. The molecule has 0 radical (unpaired) electrons. The third-order valence-electron chi connectivity index (χ3n) is 2.78. The maximum absolute atomic E-state index is 11.6. The van der Waals surface area contributed by atoms with Crippen LogP contribution in [-0.4, -0.2) is 31.6 Å². The van der Waals surface area contributed by atoms with Gasteiger partial charge in [0.15, 0.2) is 0 Å². The average Bonchev–Trinajstić information content (AvgIpc) is 2.34. The molecule has 0 saturated heterocycles. The number of hydrogen-bond donors (Lipinski definition) is 2. The summed E-state index contributed by atoms with van der Waals surface area (Å²) >= 11 is 3.49. The molecule has 1 aromatic rings. The molecular weight excluding hydrogens is 324 g/mol.